The summed E-state index contributed by atoms with van der Waals surface area (Å²) in [6.45, 7) is 14.1. The number of likely N-dealkylation sites (N-methyl/N-ethyl adjacent to an activating group) is 1. The van der Waals surface area contributed by atoms with E-state index in [1.165, 1.54) is 0 Å². The van der Waals surface area contributed by atoms with E-state index in [1.54, 1.807) is 0 Å². The Labute approximate surface area is 230 Å². The van der Waals surface area contributed by atoms with Crippen molar-refractivity contribution in [3.05, 3.63) is 0 Å². The Balaban J connectivity index is 3.38. The van der Waals surface area contributed by atoms with Gasteiger partial charge >= 0.3 is 0 Å². The van der Waals surface area contributed by atoms with Crippen LogP contribution in [0.1, 0.15) is 46.0 Å². The molecule has 1 atom stereocenters. The average molecular weight is 553 g/mol. The predicted octanol–water partition coefficient (Wildman–Crippen LogP) is 1.81. The van der Waals surface area contributed by atoms with Gasteiger partial charge in [-0.3, -0.25) is 4.79 Å². The lowest BCUT2D eigenvalue weighted by Gasteiger charge is -2.16. The van der Waals surface area contributed by atoms with Crippen molar-refractivity contribution in [3.63, 3.8) is 0 Å². The maximum Gasteiger partial charge on any atom is 0.222 e. The number of rotatable bonds is 32. The van der Waals surface area contributed by atoms with Crippen molar-refractivity contribution in [2.75, 3.05) is 119 Å². The molecular weight excluding hydrogens is 496 g/mol. The van der Waals surface area contributed by atoms with E-state index in [0.717, 1.165) is 38.9 Å². The van der Waals surface area contributed by atoms with Crippen LogP contribution in [-0.4, -0.2) is 131 Å². The largest absolute Gasteiger partial charge is 0.380 e. The van der Waals surface area contributed by atoms with Gasteiger partial charge in [0.05, 0.1) is 85.3 Å². The van der Waals surface area contributed by atoms with Crippen molar-refractivity contribution in [1.29, 1.82) is 0 Å². The normalized spacial score (nSPS) is 12.2. The molecule has 0 heterocycles. The standard InChI is InChI=1S/C27H56N2O9/c1-4-10-31-16-20-35-22-18-33-12-6-7-13-37-24-26(28-3)25-38-14-8-27(30)29-9-15-34-19-23-36-21-17-32-11-5-2/h26,28H,4-25H2,1-3H3,(H,29,30). The van der Waals surface area contributed by atoms with Gasteiger partial charge in [0, 0.05) is 39.4 Å². The Morgan fingerprint density at radius 3 is 1.47 bits per heavy atom. The van der Waals surface area contributed by atoms with E-state index in [1.807, 2.05) is 7.05 Å². The summed E-state index contributed by atoms with van der Waals surface area (Å²) >= 11 is 0. The van der Waals surface area contributed by atoms with E-state index in [9.17, 15) is 4.79 Å². The van der Waals surface area contributed by atoms with Crippen LogP contribution in [0.2, 0.25) is 0 Å². The van der Waals surface area contributed by atoms with Gasteiger partial charge in [0.15, 0.2) is 0 Å². The Bertz CT molecular complexity index is 476. The zero-order valence-electron chi connectivity index (χ0n) is 24.3. The summed E-state index contributed by atoms with van der Waals surface area (Å²) in [6.07, 6.45) is 4.24. The fraction of sp³-hybridized carbons (Fsp3) is 0.963. The van der Waals surface area contributed by atoms with Crippen LogP contribution in [-0.2, 0) is 42.7 Å². The maximum absolute atomic E-state index is 11.9. The number of amides is 1. The van der Waals surface area contributed by atoms with Gasteiger partial charge in [0.1, 0.15) is 0 Å². The third-order valence-electron chi connectivity index (χ3n) is 5.10. The molecule has 0 rings (SSSR count). The highest BCUT2D eigenvalue weighted by molar-refractivity contribution is 5.75. The monoisotopic (exact) mass is 552 g/mol. The first-order valence-corrected chi connectivity index (χ1v) is 14.3. The van der Waals surface area contributed by atoms with E-state index in [2.05, 4.69) is 24.5 Å². The molecule has 38 heavy (non-hydrogen) atoms. The molecule has 0 aromatic heterocycles. The van der Waals surface area contributed by atoms with E-state index in [-0.39, 0.29) is 11.9 Å². The molecule has 0 fully saturated rings. The molecule has 0 aromatic carbocycles. The Morgan fingerprint density at radius 2 is 0.974 bits per heavy atom. The molecule has 0 saturated carbocycles. The van der Waals surface area contributed by atoms with Gasteiger partial charge in [-0.2, -0.15) is 0 Å². The van der Waals surface area contributed by atoms with Crippen molar-refractivity contribution in [2.24, 2.45) is 0 Å². The van der Waals surface area contributed by atoms with Gasteiger partial charge in [0.2, 0.25) is 5.91 Å². The number of carbonyl (C=O) groups excluding carboxylic acids is 1. The molecule has 228 valence electrons. The van der Waals surface area contributed by atoms with Crippen LogP contribution in [0, 0.1) is 0 Å². The zero-order valence-corrected chi connectivity index (χ0v) is 24.3. The smallest absolute Gasteiger partial charge is 0.222 e. The summed E-state index contributed by atoms with van der Waals surface area (Å²) in [5, 5.41) is 6.01. The molecule has 2 N–H and O–H groups in total. The fourth-order valence-corrected chi connectivity index (χ4v) is 2.96. The van der Waals surface area contributed by atoms with Gasteiger partial charge < -0.3 is 48.5 Å². The van der Waals surface area contributed by atoms with Gasteiger partial charge in [-0.1, -0.05) is 13.8 Å². The van der Waals surface area contributed by atoms with E-state index >= 15 is 0 Å². The lowest BCUT2D eigenvalue weighted by Crippen LogP contribution is -2.35. The quantitative estimate of drug-likeness (QED) is 0.120. The fourth-order valence-electron chi connectivity index (χ4n) is 2.96. The molecule has 0 radical (unpaired) electrons. The van der Waals surface area contributed by atoms with Crippen molar-refractivity contribution < 1.29 is 42.7 Å². The number of nitrogens with one attached hydrogen (secondary N) is 2. The molecule has 11 nitrogen and oxygen atoms in total. The first kappa shape index (κ1) is 37.1. The van der Waals surface area contributed by atoms with Crippen molar-refractivity contribution in [3.8, 4) is 0 Å². The van der Waals surface area contributed by atoms with Gasteiger partial charge in [-0.25, -0.2) is 0 Å². The summed E-state index contributed by atoms with van der Waals surface area (Å²) in [7, 11) is 1.88. The van der Waals surface area contributed by atoms with Crippen LogP contribution < -0.4 is 10.6 Å². The summed E-state index contributed by atoms with van der Waals surface area (Å²) in [6, 6.07) is 0.0848. The van der Waals surface area contributed by atoms with Gasteiger partial charge in [-0.15, -0.1) is 0 Å². The Hall–Kier alpha value is -0.890. The summed E-state index contributed by atoms with van der Waals surface area (Å²) in [5.74, 6) is -0.0510. The lowest BCUT2D eigenvalue weighted by molar-refractivity contribution is -0.122. The SMILES string of the molecule is CCCOCCOCCOCCCCOCC(COCCC(=O)NCCOCCOCCOCCC)NC. The minimum atomic E-state index is -0.0510. The maximum atomic E-state index is 11.9. The second-order valence-corrected chi connectivity index (χ2v) is 8.62. The van der Waals surface area contributed by atoms with Crippen LogP contribution in [0.3, 0.4) is 0 Å². The van der Waals surface area contributed by atoms with Crippen LogP contribution >= 0.6 is 0 Å². The predicted molar refractivity (Wildman–Crippen MR) is 147 cm³/mol. The first-order chi connectivity index (χ1) is 18.7. The van der Waals surface area contributed by atoms with Crippen LogP contribution in [0.15, 0.2) is 0 Å². The zero-order chi connectivity index (χ0) is 27.8. The molecule has 1 unspecified atom stereocenters. The number of ether oxygens (including phenoxy) is 8. The van der Waals surface area contributed by atoms with E-state index in [0.29, 0.717) is 105 Å². The average Bonchev–Trinajstić information content (AvgIpc) is 2.93. The molecule has 0 saturated heterocycles. The minimum Gasteiger partial charge on any atom is -0.380 e. The van der Waals surface area contributed by atoms with Gasteiger partial charge in [-0.05, 0) is 32.7 Å². The topological polar surface area (TPSA) is 115 Å². The third-order valence-corrected chi connectivity index (χ3v) is 5.10. The molecule has 0 aliphatic rings. The molecule has 0 spiro atoms. The summed E-state index contributed by atoms with van der Waals surface area (Å²) in [5.41, 5.74) is 0. The molecular formula is C27H56N2O9. The molecule has 11 heteroatoms. The highest BCUT2D eigenvalue weighted by atomic mass is 16.5. The molecule has 0 aliphatic carbocycles. The minimum absolute atomic E-state index is 0.0510. The molecule has 0 aliphatic heterocycles. The van der Waals surface area contributed by atoms with E-state index < -0.39 is 0 Å². The Kier molecular flexibility index (Phi) is 31.6. The van der Waals surface area contributed by atoms with Crippen molar-refractivity contribution in [2.45, 2.75) is 52.0 Å². The third kappa shape index (κ3) is 29.7. The van der Waals surface area contributed by atoms with Crippen LogP contribution in [0.5, 0.6) is 0 Å². The molecule has 1 amide bonds. The molecule has 0 bridgehead atoms. The first-order valence-electron chi connectivity index (χ1n) is 14.3. The highest BCUT2D eigenvalue weighted by Crippen LogP contribution is 1.95. The van der Waals surface area contributed by atoms with Crippen molar-refractivity contribution >= 4 is 5.91 Å². The summed E-state index contributed by atoms with van der Waals surface area (Å²) in [4.78, 5) is 11.9. The number of hydrogen-bond acceptors (Lipinski definition) is 10. The number of hydrogen-bond donors (Lipinski definition) is 2. The second-order valence-electron chi connectivity index (χ2n) is 8.62. The summed E-state index contributed by atoms with van der Waals surface area (Å²) < 4.78 is 43.9. The van der Waals surface area contributed by atoms with Crippen molar-refractivity contribution in [1.82, 2.24) is 10.6 Å². The van der Waals surface area contributed by atoms with Crippen LogP contribution in [0.25, 0.3) is 0 Å². The van der Waals surface area contributed by atoms with Gasteiger partial charge in [0.25, 0.3) is 0 Å². The highest BCUT2D eigenvalue weighted by Gasteiger charge is 2.07. The van der Waals surface area contributed by atoms with E-state index in [4.69, 9.17) is 37.9 Å². The number of unbranched alkanes of at least 4 members (excludes halogenated alkanes) is 1. The number of carbonyl (C=O) groups is 1. The van der Waals surface area contributed by atoms with Crippen LogP contribution in [0.4, 0.5) is 0 Å². The Morgan fingerprint density at radius 1 is 0.553 bits per heavy atom. The lowest BCUT2D eigenvalue weighted by atomic mass is 10.3. The molecule has 0 aromatic rings. The second kappa shape index (κ2) is 32.3.